The molecule has 0 N–H and O–H groups in total. The molecule has 0 atom stereocenters. The standard InChI is InChI=1S/C19H25N5/c1-6-9-23(8-3)19-21-17-15(14(5)7-2)10-13(4)11-16(17)18-22-20-12-24(18)19/h10-12H,5-9H2,1-4H3. The van der Waals surface area contributed by atoms with Crippen molar-refractivity contribution in [2.45, 2.75) is 40.5 Å². The molecule has 0 radical (unpaired) electrons. The van der Waals surface area contributed by atoms with Gasteiger partial charge in [-0.15, -0.1) is 10.2 Å². The summed E-state index contributed by atoms with van der Waals surface area (Å²) < 4.78 is 2.00. The van der Waals surface area contributed by atoms with Crippen LogP contribution in [0.4, 0.5) is 5.95 Å². The minimum atomic E-state index is 0.860. The van der Waals surface area contributed by atoms with Crippen LogP contribution in [0, 0.1) is 6.92 Å². The first kappa shape index (κ1) is 16.4. The van der Waals surface area contributed by atoms with E-state index in [9.17, 15) is 0 Å². The molecule has 0 fully saturated rings. The van der Waals surface area contributed by atoms with E-state index in [0.717, 1.165) is 59.6 Å². The predicted molar refractivity (Wildman–Crippen MR) is 101 cm³/mol. The van der Waals surface area contributed by atoms with Gasteiger partial charge in [0.05, 0.1) is 5.52 Å². The van der Waals surface area contributed by atoms with Crippen LogP contribution < -0.4 is 4.90 Å². The van der Waals surface area contributed by atoms with Gasteiger partial charge in [0, 0.05) is 24.0 Å². The largest absolute Gasteiger partial charge is 0.342 e. The monoisotopic (exact) mass is 323 g/mol. The molecule has 5 nitrogen and oxygen atoms in total. The highest BCUT2D eigenvalue weighted by Gasteiger charge is 2.17. The minimum absolute atomic E-state index is 0.860. The normalized spacial score (nSPS) is 11.3. The molecule has 1 aromatic carbocycles. The van der Waals surface area contributed by atoms with Gasteiger partial charge in [-0.25, -0.2) is 4.98 Å². The molecule has 0 aliphatic heterocycles. The number of anilines is 1. The number of hydrogen-bond donors (Lipinski definition) is 0. The van der Waals surface area contributed by atoms with Gasteiger partial charge in [-0.1, -0.05) is 20.4 Å². The minimum Gasteiger partial charge on any atom is -0.342 e. The zero-order valence-electron chi connectivity index (χ0n) is 15.0. The van der Waals surface area contributed by atoms with Gasteiger partial charge in [0.25, 0.3) is 0 Å². The molecule has 24 heavy (non-hydrogen) atoms. The van der Waals surface area contributed by atoms with Crippen LogP contribution in [0.5, 0.6) is 0 Å². The van der Waals surface area contributed by atoms with Gasteiger partial charge < -0.3 is 4.90 Å². The van der Waals surface area contributed by atoms with Crippen LogP contribution in [-0.2, 0) is 0 Å². The van der Waals surface area contributed by atoms with E-state index in [2.05, 4.69) is 61.5 Å². The maximum atomic E-state index is 5.02. The molecule has 0 unspecified atom stereocenters. The van der Waals surface area contributed by atoms with Gasteiger partial charge in [0.2, 0.25) is 5.95 Å². The summed E-state index contributed by atoms with van der Waals surface area (Å²) in [6.07, 6.45) is 3.73. The maximum absolute atomic E-state index is 5.02. The summed E-state index contributed by atoms with van der Waals surface area (Å²) in [4.78, 5) is 7.30. The van der Waals surface area contributed by atoms with Crippen molar-refractivity contribution in [2.24, 2.45) is 0 Å². The molecule has 3 aromatic rings. The lowest BCUT2D eigenvalue weighted by molar-refractivity contribution is 0.756. The first-order valence-corrected chi connectivity index (χ1v) is 8.67. The molecule has 0 saturated carbocycles. The van der Waals surface area contributed by atoms with Crippen LogP contribution in [0.15, 0.2) is 25.0 Å². The number of allylic oxidation sites excluding steroid dienone is 1. The Labute approximate surface area is 143 Å². The predicted octanol–water partition coefficient (Wildman–Crippen LogP) is 4.25. The molecule has 0 aliphatic rings. The van der Waals surface area contributed by atoms with E-state index in [0.29, 0.717) is 0 Å². The van der Waals surface area contributed by atoms with Gasteiger partial charge in [-0.05, 0) is 50.0 Å². The zero-order valence-corrected chi connectivity index (χ0v) is 15.0. The lowest BCUT2D eigenvalue weighted by atomic mass is 9.99. The number of aromatic nitrogens is 4. The third-order valence-electron chi connectivity index (χ3n) is 4.44. The molecule has 5 heteroatoms. The Morgan fingerprint density at radius 3 is 2.71 bits per heavy atom. The SMILES string of the molecule is C=C(CC)c1cc(C)cc2c1nc(N(CC)CCC)n1cnnc21. The van der Waals surface area contributed by atoms with E-state index in [1.807, 2.05) is 4.40 Å². The Hall–Kier alpha value is -2.43. The Morgan fingerprint density at radius 1 is 1.25 bits per heavy atom. The van der Waals surface area contributed by atoms with Crippen LogP contribution in [0.25, 0.3) is 22.1 Å². The Kier molecular flexibility index (Phi) is 4.51. The van der Waals surface area contributed by atoms with E-state index in [4.69, 9.17) is 4.98 Å². The molecule has 2 heterocycles. The number of nitrogens with zero attached hydrogens (tertiary/aromatic N) is 5. The third-order valence-corrected chi connectivity index (χ3v) is 4.44. The van der Waals surface area contributed by atoms with E-state index in [1.165, 1.54) is 5.56 Å². The van der Waals surface area contributed by atoms with E-state index >= 15 is 0 Å². The Morgan fingerprint density at radius 2 is 2.04 bits per heavy atom. The third kappa shape index (κ3) is 2.64. The van der Waals surface area contributed by atoms with Gasteiger partial charge in [-0.2, -0.15) is 0 Å². The van der Waals surface area contributed by atoms with Crippen LogP contribution >= 0.6 is 0 Å². The van der Waals surface area contributed by atoms with Crippen molar-refractivity contribution in [3.05, 3.63) is 36.2 Å². The summed E-state index contributed by atoms with van der Waals surface area (Å²) in [6, 6.07) is 4.31. The van der Waals surface area contributed by atoms with Gasteiger partial charge in [-0.3, -0.25) is 4.40 Å². The highest BCUT2D eigenvalue weighted by molar-refractivity contribution is 5.99. The first-order valence-electron chi connectivity index (χ1n) is 8.67. The topological polar surface area (TPSA) is 46.3 Å². The second-order valence-electron chi connectivity index (χ2n) is 6.18. The van der Waals surface area contributed by atoms with E-state index < -0.39 is 0 Å². The van der Waals surface area contributed by atoms with Crippen LogP contribution in [0.3, 0.4) is 0 Å². The highest BCUT2D eigenvalue weighted by atomic mass is 15.3. The number of aryl methyl sites for hydroxylation is 1. The second-order valence-corrected chi connectivity index (χ2v) is 6.18. The maximum Gasteiger partial charge on any atom is 0.213 e. The van der Waals surface area contributed by atoms with Crippen LogP contribution in [0.1, 0.15) is 44.7 Å². The molecule has 3 rings (SSSR count). The van der Waals surface area contributed by atoms with Crippen LogP contribution in [-0.4, -0.2) is 32.7 Å². The Balaban J connectivity index is 2.39. The number of fused-ring (bicyclic) bond motifs is 3. The highest BCUT2D eigenvalue weighted by Crippen LogP contribution is 2.30. The fraction of sp³-hybridized carbons (Fsp3) is 0.421. The summed E-state index contributed by atoms with van der Waals surface area (Å²) in [7, 11) is 0. The van der Waals surface area contributed by atoms with Crippen molar-refractivity contribution >= 4 is 28.1 Å². The van der Waals surface area contributed by atoms with Crippen molar-refractivity contribution in [1.82, 2.24) is 19.6 Å². The fourth-order valence-electron chi connectivity index (χ4n) is 3.14. The van der Waals surface area contributed by atoms with Crippen molar-refractivity contribution in [3.8, 4) is 0 Å². The molecule has 0 amide bonds. The molecule has 0 aliphatic carbocycles. The lowest BCUT2D eigenvalue weighted by Crippen LogP contribution is -2.26. The van der Waals surface area contributed by atoms with E-state index in [-0.39, 0.29) is 0 Å². The average Bonchev–Trinajstić information content (AvgIpc) is 3.08. The van der Waals surface area contributed by atoms with Crippen molar-refractivity contribution in [3.63, 3.8) is 0 Å². The van der Waals surface area contributed by atoms with Crippen LogP contribution in [0.2, 0.25) is 0 Å². The van der Waals surface area contributed by atoms with E-state index in [1.54, 1.807) is 6.33 Å². The van der Waals surface area contributed by atoms with Crippen molar-refractivity contribution in [2.75, 3.05) is 18.0 Å². The van der Waals surface area contributed by atoms with Crippen molar-refractivity contribution < 1.29 is 0 Å². The molecule has 0 bridgehead atoms. The van der Waals surface area contributed by atoms with Crippen molar-refractivity contribution in [1.29, 1.82) is 0 Å². The summed E-state index contributed by atoms with van der Waals surface area (Å²) in [5, 5.41) is 9.54. The summed E-state index contributed by atoms with van der Waals surface area (Å²) in [5.74, 6) is 0.904. The molecule has 0 spiro atoms. The summed E-state index contributed by atoms with van der Waals surface area (Å²) >= 11 is 0. The number of benzene rings is 1. The second kappa shape index (κ2) is 6.59. The first-order chi connectivity index (χ1) is 11.6. The lowest BCUT2D eigenvalue weighted by Gasteiger charge is -2.23. The molecule has 2 aromatic heterocycles. The number of hydrogen-bond acceptors (Lipinski definition) is 4. The molecule has 126 valence electrons. The quantitative estimate of drug-likeness (QED) is 0.680. The van der Waals surface area contributed by atoms with Gasteiger partial charge >= 0.3 is 0 Å². The van der Waals surface area contributed by atoms with Gasteiger partial charge in [0.1, 0.15) is 6.33 Å². The number of rotatable bonds is 6. The molecular formula is C19H25N5. The molecule has 0 saturated heterocycles. The fourth-order valence-corrected chi connectivity index (χ4v) is 3.14. The zero-order chi connectivity index (χ0) is 17.3. The summed E-state index contributed by atoms with van der Waals surface area (Å²) in [6.45, 7) is 14.7. The average molecular weight is 323 g/mol. The summed E-state index contributed by atoms with van der Waals surface area (Å²) in [5.41, 5.74) is 5.24. The molecular weight excluding hydrogens is 298 g/mol. The van der Waals surface area contributed by atoms with Gasteiger partial charge in [0.15, 0.2) is 5.65 Å². The smallest absolute Gasteiger partial charge is 0.213 e. The Bertz CT molecular complexity index is 894.